The molecule has 0 aromatic carbocycles. The van der Waals surface area contributed by atoms with Crippen LogP contribution in [-0.2, 0) is 0 Å². The van der Waals surface area contributed by atoms with Crippen molar-refractivity contribution in [3.05, 3.63) is 23.1 Å². The van der Waals surface area contributed by atoms with Crippen molar-refractivity contribution in [2.75, 3.05) is 0 Å². The Kier molecular flexibility index (Phi) is 3.94. The van der Waals surface area contributed by atoms with E-state index in [-0.39, 0.29) is 20.5 Å². The number of hydrogen-bond donors (Lipinski definition) is 0. The van der Waals surface area contributed by atoms with Gasteiger partial charge in [-0.2, -0.15) is 0 Å². The molecule has 0 aromatic rings. The van der Waals surface area contributed by atoms with Crippen LogP contribution in [0.15, 0.2) is 23.1 Å². The summed E-state index contributed by atoms with van der Waals surface area (Å²) in [5, 5.41) is 0. The first-order chi connectivity index (χ1) is 3.00. The van der Waals surface area contributed by atoms with Crippen LogP contribution >= 0.6 is 0 Å². The van der Waals surface area contributed by atoms with Crippen molar-refractivity contribution < 1.29 is 5.48 Å². The molecule has 0 bridgehead atoms. The Morgan fingerprint density at radius 3 is 2.00 bits per heavy atom. The van der Waals surface area contributed by atoms with Gasteiger partial charge in [0.25, 0.3) is 0 Å². The van der Waals surface area contributed by atoms with Crippen molar-refractivity contribution in [2.45, 2.75) is 0 Å². The van der Waals surface area contributed by atoms with Crippen molar-refractivity contribution in [1.29, 1.82) is 0 Å². The van der Waals surface area contributed by atoms with Gasteiger partial charge in [-0.25, -0.2) is 0 Å². The van der Waals surface area contributed by atoms with E-state index >= 15 is 0 Å². The maximum atomic E-state index is 2.25. The van der Waals surface area contributed by atoms with Crippen LogP contribution in [0.25, 0.3) is 0 Å². The number of allylic oxidation sites excluding steroid dienone is 3. The van der Waals surface area contributed by atoms with Gasteiger partial charge in [0.15, 0.2) is 0 Å². The summed E-state index contributed by atoms with van der Waals surface area (Å²) in [5.74, 6) is 0. The Morgan fingerprint density at radius 1 is 1.00 bits per heavy atom. The van der Waals surface area contributed by atoms with Gasteiger partial charge in [0.1, 0.15) is 0 Å². The first kappa shape index (κ1) is 6.85. The average Bonchev–Trinajstić information content (AvgIpc) is 1.72. The van der Waals surface area contributed by atoms with Crippen LogP contribution in [0, 0.1) is 0 Å². The second-order valence-electron chi connectivity index (χ2n) is 1.08. The molecule has 0 unspecified atom stereocenters. The first-order valence-electron chi connectivity index (χ1n) is 1.91. The summed E-state index contributed by atoms with van der Waals surface area (Å²) in [7, 11) is 0. The molecule has 1 aliphatic heterocycles. The minimum absolute atomic E-state index is 0. The van der Waals surface area contributed by atoms with E-state index in [1.807, 2.05) is 0 Å². The van der Waals surface area contributed by atoms with Crippen molar-refractivity contribution in [3.63, 3.8) is 0 Å². The fourth-order valence-corrected chi connectivity index (χ4v) is 1.51. The van der Waals surface area contributed by atoms with E-state index in [1.165, 1.54) is 0 Å². The smallest absolute Gasteiger partial charge is 0.412 e. The van der Waals surface area contributed by atoms with Gasteiger partial charge in [0.05, 0.1) is 0 Å². The van der Waals surface area contributed by atoms with Crippen LogP contribution in [-0.4, -0.2) is 25.3 Å². The van der Waals surface area contributed by atoms with E-state index < -0.39 is 0 Å². The molecule has 37 valence electrons. The molecule has 1 aliphatic rings. The van der Waals surface area contributed by atoms with Crippen molar-refractivity contribution in [2.24, 2.45) is 0 Å². The standard InChI is InChI=1S/C5H5Ge.H2O/c1-2-4-6-5-3-1;/h1-5H;1H2. The summed E-state index contributed by atoms with van der Waals surface area (Å²) in [4.78, 5) is 4.50. The molecule has 1 heterocycles. The predicted octanol–water partition coefficient (Wildman–Crippen LogP) is -0.248. The van der Waals surface area contributed by atoms with Gasteiger partial charge >= 0.3 is 43.0 Å². The quantitative estimate of drug-likeness (QED) is 0.433. The van der Waals surface area contributed by atoms with Crippen molar-refractivity contribution in [1.82, 2.24) is 0 Å². The normalized spacial score (nSPS) is 13.7. The molecule has 0 saturated heterocycles. The fourth-order valence-electron chi connectivity index (χ4n) is 0.342. The monoisotopic (exact) mass is 157 g/mol. The van der Waals surface area contributed by atoms with E-state index in [0.29, 0.717) is 0 Å². The zero-order valence-electron chi connectivity index (χ0n) is 3.89. The van der Waals surface area contributed by atoms with Crippen LogP contribution in [0.2, 0.25) is 0 Å². The van der Waals surface area contributed by atoms with Gasteiger partial charge in [-0.05, 0) is 0 Å². The van der Waals surface area contributed by atoms with E-state index in [0.717, 1.165) is 0 Å². The Labute approximate surface area is 49.1 Å². The molecule has 0 aliphatic carbocycles. The molecule has 0 aromatic heterocycles. The van der Waals surface area contributed by atoms with Crippen LogP contribution in [0.1, 0.15) is 0 Å². The van der Waals surface area contributed by atoms with Gasteiger partial charge in [0, 0.05) is 0 Å². The predicted molar refractivity (Wildman–Crippen MR) is 33.7 cm³/mol. The summed E-state index contributed by atoms with van der Waals surface area (Å²) in [6.07, 6.45) is 6.28. The van der Waals surface area contributed by atoms with Crippen LogP contribution < -0.4 is 0 Å². The molecular weight excluding hydrogens is 149 g/mol. The average molecular weight is 156 g/mol. The molecule has 1 radical (unpaired) electrons. The first-order valence-corrected chi connectivity index (χ1v) is 4.33. The minimum Gasteiger partial charge on any atom is -0.412 e. The summed E-state index contributed by atoms with van der Waals surface area (Å²) in [6.45, 7) is 0. The van der Waals surface area contributed by atoms with Crippen molar-refractivity contribution >= 4 is 19.8 Å². The molecule has 0 saturated carbocycles. The second-order valence-corrected chi connectivity index (χ2v) is 3.18. The fraction of sp³-hybridized carbons (Fsp3) is 0. The zero-order chi connectivity index (χ0) is 4.24. The van der Waals surface area contributed by atoms with Gasteiger partial charge in [-0.1, -0.05) is 0 Å². The van der Waals surface area contributed by atoms with Gasteiger partial charge in [0.2, 0.25) is 0 Å². The van der Waals surface area contributed by atoms with E-state index in [4.69, 9.17) is 0 Å². The summed E-state index contributed by atoms with van der Waals surface area (Å²) in [5.41, 5.74) is 0. The molecule has 0 atom stereocenters. The van der Waals surface area contributed by atoms with Gasteiger partial charge in [-0.3, -0.25) is 0 Å². The Hall–Kier alpha value is -0.147. The van der Waals surface area contributed by atoms with Crippen LogP contribution in [0.4, 0.5) is 0 Å². The molecule has 0 fully saturated rings. The SMILES string of the molecule is C1=C[CH]=[Ge][CH]=C1.O. The molecule has 1 rings (SSSR count). The second kappa shape index (κ2) is 4.02. The molecule has 2 N–H and O–H groups in total. The summed E-state index contributed by atoms with van der Waals surface area (Å²) < 4.78 is 0. The topological polar surface area (TPSA) is 31.5 Å². The minimum atomic E-state index is 0. The van der Waals surface area contributed by atoms with Crippen molar-refractivity contribution in [3.8, 4) is 0 Å². The zero-order valence-corrected chi connectivity index (χ0v) is 5.98. The van der Waals surface area contributed by atoms with Gasteiger partial charge < -0.3 is 5.48 Å². The Bertz CT molecular complexity index is 77.5. The Morgan fingerprint density at radius 2 is 1.86 bits per heavy atom. The Balaban J connectivity index is 0.000000360. The molecule has 7 heavy (non-hydrogen) atoms. The van der Waals surface area contributed by atoms with E-state index in [2.05, 4.69) is 28.0 Å². The van der Waals surface area contributed by atoms with Crippen LogP contribution in [0.3, 0.4) is 0 Å². The summed E-state index contributed by atoms with van der Waals surface area (Å²) in [6, 6.07) is 0. The molecular formula is C5H7GeO. The van der Waals surface area contributed by atoms with E-state index in [9.17, 15) is 0 Å². The van der Waals surface area contributed by atoms with E-state index in [1.54, 1.807) is 0 Å². The third-order valence-corrected chi connectivity index (χ3v) is 2.22. The third-order valence-electron chi connectivity index (χ3n) is 0.607. The number of hydrogen-bond acceptors (Lipinski definition) is 0. The maximum absolute atomic E-state index is 2.25. The number of rotatable bonds is 0. The third kappa shape index (κ3) is 2.54. The molecule has 1 nitrogen and oxygen atoms in total. The van der Waals surface area contributed by atoms with Gasteiger partial charge in [-0.15, -0.1) is 0 Å². The largest absolute Gasteiger partial charge is 0.412 e. The van der Waals surface area contributed by atoms with Crippen LogP contribution in [0.5, 0.6) is 0 Å². The molecule has 0 spiro atoms. The molecule has 2 heteroatoms. The summed E-state index contributed by atoms with van der Waals surface area (Å²) >= 11 is 0.215. The maximum Gasteiger partial charge on any atom is -0.412 e. The molecule has 0 amide bonds.